The largest absolute Gasteiger partial charge is 0.416 e. The Morgan fingerprint density at radius 1 is 1.31 bits per heavy atom. The molecule has 0 aromatic heterocycles. The standard InChI is InChI=1S/C9H7BrF3NO2/c10-2-1-6-3-7(9(11,12)13)5-8(4-6)14(15)16/h3-5H,1-2H2. The average molecular weight is 298 g/mol. The van der Waals surface area contributed by atoms with Gasteiger partial charge in [-0.1, -0.05) is 15.9 Å². The smallest absolute Gasteiger partial charge is 0.258 e. The zero-order valence-corrected chi connectivity index (χ0v) is 9.51. The first kappa shape index (κ1) is 13.0. The van der Waals surface area contributed by atoms with Crippen molar-refractivity contribution in [2.75, 3.05) is 5.33 Å². The number of alkyl halides is 4. The van der Waals surface area contributed by atoms with Crippen molar-refractivity contribution in [1.29, 1.82) is 0 Å². The summed E-state index contributed by atoms with van der Waals surface area (Å²) in [5.41, 5.74) is -1.23. The third-order valence-electron chi connectivity index (χ3n) is 1.90. The zero-order valence-electron chi connectivity index (χ0n) is 7.92. The number of halogens is 4. The molecule has 16 heavy (non-hydrogen) atoms. The van der Waals surface area contributed by atoms with Crippen LogP contribution in [-0.4, -0.2) is 10.3 Å². The van der Waals surface area contributed by atoms with Crippen LogP contribution >= 0.6 is 15.9 Å². The Morgan fingerprint density at radius 3 is 2.38 bits per heavy atom. The van der Waals surface area contributed by atoms with Crippen LogP contribution < -0.4 is 0 Å². The topological polar surface area (TPSA) is 43.1 Å². The number of aryl methyl sites for hydroxylation is 1. The number of benzene rings is 1. The predicted molar refractivity (Wildman–Crippen MR) is 55.6 cm³/mol. The van der Waals surface area contributed by atoms with Crippen molar-refractivity contribution in [3.8, 4) is 0 Å². The molecule has 3 nitrogen and oxygen atoms in total. The molecule has 0 heterocycles. The highest BCUT2D eigenvalue weighted by atomic mass is 79.9. The molecule has 1 rings (SSSR count). The van der Waals surface area contributed by atoms with E-state index in [-0.39, 0.29) is 0 Å². The second kappa shape index (κ2) is 4.82. The average Bonchev–Trinajstić information content (AvgIpc) is 2.16. The maximum Gasteiger partial charge on any atom is 0.416 e. The number of rotatable bonds is 3. The van der Waals surface area contributed by atoms with Crippen LogP contribution in [0.1, 0.15) is 11.1 Å². The van der Waals surface area contributed by atoms with E-state index in [4.69, 9.17) is 0 Å². The van der Waals surface area contributed by atoms with Crippen LogP contribution in [0, 0.1) is 10.1 Å². The third kappa shape index (κ3) is 3.19. The molecule has 7 heteroatoms. The summed E-state index contributed by atoms with van der Waals surface area (Å²) in [4.78, 5) is 9.64. The lowest BCUT2D eigenvalue weighted by Gasteiger charge is -2.08. The van der Waals surface area contributed by atoms with Crippen molar-refractivity contribution in [2.24, 2.45) is 0 Å². The summed E-state index contributed by atoms with van der Waals surface area (Å²) in [5.74, 6) is 0. The number of non-ortho nitro benzene ring substituents is 1. The summed E-state index contributed by atoms with van der Waals surface area (Å²) >= 11 is 3.07. The highest BCUT2D eigenvalue weighted by Gasteiger charge is 2.32. The molecule has 0 unspecified atom stereocenters. The molecule has 0 amide bonds. The molecular weight excluding hydrogens is 291 g/mol. The molecule has 0 spiro atoms. The molecule has 88 valence electrons. The van der Waals surface area contributed by atoms with E-state index in [2.05, 4.69) is 15.9 Å². The second-order valence-electron chi connectivity index (χ2n) is 3.08. The number of hydrogen-bond donors (Lipinski definition) is 0. The minimum atomic E-state index is -4.56. The van der Waals surface area contributed by atoms with Crippen LogP contribution in [0.4, 0.5) is 18.9 Å². The summed E-state index contributed by atoms with van der Waals surface area (Å²) < 4.78 is 37.3. The molecule has 0 saturated heterocycles. The van der Waals surface area contributed by atoms with Crippen LogP contribution in [0.15, 0.2) is 18.2 Å². The molecule has 1 aromatic carbocycles. The van der Waals surface area contributed by atoms with Gasteiger partial charge in [0.15, 0.2) is 0 Å². The first-order valence-corrected chi connectivity index (χ1v) is 5.38. The molecular formula is C9H7BrF3NO2. The van der Waals surface area contributed by atoms with Gasteiger partial charge in [-0.2, -0.15) is 13.2 Å². The van der Waals surface area contributed by atoms with Gasteiger partial charge in [0.1, 0.15) is 0 Å². The van der Waals surface area contributed by atoms with Gasteiger partial charge < -0.3 is 0 Å². The molecule has 1 aromatic rings. The van der Waals surface area contributed by atoms with Gasteiger partial charge in [-0.25, -0.2) is 0 Å². The molecule has 0 aliphatic rings. The summed E-state index contributed by atoms with van der Waals surface area (Å²) in [7, 11) is 0. The Labute approximate surface area is 97.5 Å². The Hall–Kier alpha value is -1.11. The minimum absolute atomic E-state index is 0.290. The molecule has 0 saturated carbocycles. The van der Waals surface area contributed by atoms with E-state index in [1.165, 1.54) is 0 Å². The maximum atomic E-state index is 12.4. The van der Waals surface area contributed by atoms with Crippen LogP contribution in [0.25, 0.3) is 0 Å². The monoisotopic (exact) mass is 297 g/mol. The molecule has 0 radical (unpaired) electrons. The lowest BCUT2D eigenvalue weighted by molar-refractivity contribution is -0.385. The number of hydrogen-bond acceptors (Lipinski definition) is 2. The highest BCUT2D eigenvalue weighted by molar-refractivity contribution is 9.09. The van der Waals surface area contributed by atoms with Gasteiger partial charge in [0.05, 0.1) is 10.5 Å². The van der Waals surface area contributed by atoms with Crippen LogP contribution in [-0.2, 0) is 12.6 Å². The van der Waals surface area contributed by atoms with E-state index in [0.29, 0.717) is 23.4 Å². The SMILES string of the molecule is O=[N+]([O-])c1cc(CCBr)cc(C(F)(F)F)c1. The Bertz CT molecular complexity index is 406. The van der Waals surface area contributed by atoms with E-state index < -0.39 is 22.4 Å². The molecule has 0 bridgehead atoms. The van der Waals surface area contributed by atoms with Gasteiger partial charge in [-0.15, -0.1) is 0 Å². The number of nitrogens with zero attached hydrogens (tertiary/aromatic N) is 1. The second-order valence-corrected chi connectivity index (χ2v) is 3.87. The van der Waals surface area contributed by atoms with E-state index >= 15 is 0 Å². The van der Waals surface area contributed by atoms with Crippen molar-refractivity contribution in [3.63, 3.8) is 0 Å². The van der Waals surface area contributed by atoms with Gasteiger partial charge in [0.2, 0.25) is 0 Å². The first-order valence-electron chi connectivity index (χ1n) is 4.26. The normalized spacial score (nSPS) is 11.5. The van der Waals surface area contributed by atoms with E-state index in [9.17, 15) is 23.3 Å². The Kier molecular flexibility index (Phi) is 3.90. The van der Waals surface area contributed by atoms with Gasteiger partial charge >= 0.3 is 6.18 Å². The van der Waals surface area contributed by atoms with Gasteiger partial charge in [-0.05, 0) is 18.1 Å². The fourth-order valence-electron chi connectivity index (χ4n) is 1.20. The molecule has 0 aliphatic heterocycles. The lowest BCUT2D eigenvalue weighted by Crippen LogP contribution is -2.07. The van der Waals surface area contributed by atoms with Gasteiger partial charge in [0.25, 0.3) is 5.69 Å². The van der Waals surface area contributed by atoms with Crippen LogP contribution in [0.5, 0.6) is 0 Å². The van der Waals surface area contributed by atoms with Crippen molar-refractivity contribution < 1.29 is 18.1 Å². The minimum Gasteiger partial charge on any atom is -0.258 e. The van der Waals surface area contributed by atoms with Crippen molar-refractivity contribution in [1.82, 2.24) is 0 Å². The molecule has 0 aliphatic carbocycles. The van der Waals surface area contributed by atoms with Crippen LogP contribution in [0.3, 0.4) is 0 Å². The quantitative estimate of drug-likeness (QED) is 0.486. The number of nitro groups is 1. The fourth-order valence-corrected chi connectivity index (χ4v) is 1.65. The van der Waals surface area contributed by atoms with Gasteiger partial charge in [0, 0.05) is 17.5 Å². The molecule has 0 N–H and O–H groups in total. The van der Waals surface area contributed by atoms with E-state index in [1.807, 2.05) is 0 Å². The maximum absolute atomic E-state index is 12.4. The van der Waals surface area contributed by atoms with Crippen molar-refractivity contribution in [2.45, 2.75) is 12.6 Å². The van der Waals surface area contributed by atoms with E-state index in [0.717, 1.165) is 12.1 Å². The predicted octanol–water partition coefficient (Wildman–Crippen LogP) is 3.55. The summed E-state index contributed by atoms with van der Waals surface area (Å²) in [6.07, 6.45) is -4.25. The van der Waals surface area contributed by atoms with E-state index in [1.54, 1.807) is 0 Å². The zero-order chi connectivity index (χ0) is 12.3. The molecule has 0 atom stereocenters. The van der Waals surface area contributed by atoms with Crippen molar-refractivity contribution in [3.05, 3.63) is 39.4 Å². The third-order valence-corrected chi connectivity index (χ3v) is 2.30. The summed E-state index contributed by atoms with van der Waals surface area (Å²) in [5, 5.41) is 10.9. The fraction of sp³-hybridized carbons (Fsp3) is 0.333. The Balaban J connectivity index is 3.24. The Morgan fingerprint density at radius 2 is 1.94 bits per heavy atom. The number of nitro benzene ring substituents is 1. The summed E-state index contributed by atoms with van der Waals surface area (Å²) in [6.45, 7) is 0. The van der Waals surface area contributed by atoms with Crippen LogP contribution in [0.2, 0.25) is 0 Å². The lowest BCUT2D eigenvalue weighted by atomic mass is 10.1. The summed E-state index contributed by atoms with van der Waals surface area (Å²) in [6, 6.07) is 2.61. The highest BCUT2D eigenvalue weighted by Crippen LogP contribution is 2.32. The molecule has 0 fully saturated rings. The van der Waals surface area contributed by atoms with Crippen molar-refractivity contribution >= 4 is 21.6 Å². The first-order chi connectivity index (χ1) is 7.34. The van der Waals surface area contributed by atoms with Gasteiger partial charge in [-0.3, -0.25) is 10.1 Å².